The van der Waals surface area contributed by atoms with Gasteiger partial charge in [0.25, 0.3) is 0 Å². The number of rotatable bonds is 11. The molecule has 0 heterocycles. The van der Waals surface area contributed by atoms with Crippen molar-refractivity contribution in [3.63, 3.8) is 0 Å². The van der Waals surface area contributed by atoms with Crippen LogP contribution in [-0.4, -0.2) is 66.5 Å². The first-order valence-corrected chi connectivity index (χ1v) is 12.5. The minimum atomic E-state index is -0.949. The van der Waals surface area contributed by atoms with Gasteiger partial charge in [-0.05, 0) is 40.9 Å². The average Bonchev–Trinajstić information content (AvgIpc) is 2.79. The molecule has 0 amide bonds. The largest absolute Gasteiger partial charge is 0.491 e. The van der Waals surface area contributed by atoms with Gasteiger partial charge in [0.2, 0.25) is 0 Å². The number of ketones is 1. The van der Waals surface area contributed by atoms with Gasteiger partial charge in [-0.2, -0.15) is 0 Å². The average molecular weight is 493 g/mol. The van der Waals surface area contributed by atoms with E-state index in [0.29, 0.717) is 18.0 Å². The number of hydrogen-bond donors (Lipinski definition) is 3. The van der Waals surface area contributed by atoms with Crippen LogP contribution in [0.4, 0.5) is 0 Å². The van der Waals surface area contributed by atoms with Crippen molar-refractivity contribution in [2.24, 2.45) is 34.5 Å². The van der Waals surface area contributed by atoms with Gasteiger partial charge in [-0.15, -0.1) is 0 Å². The van der Waals surface area contributed by atoms with E-state index < -0.39 is 55.4 Å². The van der Waals surface area contributed by atoms with Crippen LogP contribution in [-0.2, 0) is 14.3 Å². The lowest BCUT2D eigenvalue weighted by Crippen LogP contribution is -2.55. The van der Waals surface area contributed by atoms with Crippen molar-refractivity contribution < 1.29 is 34.4 Å². The van der Waals surface area contributed by atoms with Crippen LogP contribution in [0.1, 0.15) is 59.4 Å². The van der Waals surface area contributed by atoms with Crippen molar-refractivity contribution >= 4 is 12.1 Å². The second-order valence-electron chi connectivity index (χ2n) is 12.0. The van der Waals surface area contributed by atoms with Crippen molar-refractivity contribution in [3.8, 4) is 5.75 Å². The molecule has 7 heteroatoms. The number of carbonyl (C=O) groups is 2. The van der Waals surface area contributed by atoms with Crippen LogP contribution in [0.2, 0.25) is 0 Å². The SMILES string of the molecule is CC(C)(C)CC(c1ccc(OCCOC2C(C=O)C(CO)C(=O)C(CO)C2CO)cc1)C(C)(C)C. The summed E-state index contributed by atoms with van der Waals surface area (Å²) in [5.41, 5.74) is 1.61. The Kier molecular flexibility index (Phi) is 10.5. The van der Waals surface area contributed by atoms with Gasteiger partial charge in [0, 0.05) is 18.4 Å². The standard InChI is InChI=1S/C28H44O7/c1-27(2,3)13-24(28(4,5)6)18-7-9-19(10-8-18)34-11-12-35-26-22(16-31)20(14-29)25(33)21(15-30)23(26)17-32/h7-10,16,20-24,26,29-30,32H,11-15,17H2,1-6H3. The summed E-state index contributed by atoms with van der Waals surface area (Å²) in [6.07, 6.45) is 0.880. The van der Waals surface area contributed by atoms with Gasteiger partial charge in [0.15, 0.2) is 0 Å². The minimum absolute atomic E-state index is 0.127. The van der Waals surface area contributed by atoms with E-state index in [2.05, 4.69) is 53.7 Å². The molecule has 0 aromatic heterocycles. The Hall–Kier alpha value is -1.80. The van der Waals surface area contributed by atoms with E-state index in [1.54, 1.807) is 0 Å². The Morgan fingerprint density at radius 1 is 0.914 bits per heavy atom. The fourth-order valence-electron chi connectivity index (χ4n) is 5.17. The van der Waals surface area contributed by atoms with E-state index in [1.807, 2.05) is 12.1 Å². The van der Waals surface area contributed by atoms with E-state index in [4.69, 9.17) is 9.47 Å². The van der Waals surface area contributed by atoms with Crippen LogP contribution in [0.15, 0.2) is 24.3 Å². The van der Waals surface area contributed by atoms with Gasteiger partial charge in [-0.3, -0.25) is 4.79 Å². The van der Waals surface area contributed by atoms with Crippen molar-refractivity contribution in [1.82, 2.24) is 0 Å². The quantitative estimate of drug-likeness (QED) is 0.321. The summed E-state index contributed by atoms with van der Waals surface area (Å²) in [7, 11) is 0. The molecule has 2 rings (SSSR count). The topological polar surface area (TPSA) is 113 Å². The number of carbonyl (C=O) groups excluding carboxylic acids is 2. The summed E-state index contributed by atoms with van der Waals surface area (Å²) in [4.78, 5) is 24.3. The first-order chi connectivity index (χ1) is 16.4. The normalized spacial score (nSPS) is 26.4. The third-order valence-electron chi connectivity index (χ3n) is 7.08. The molecule has 1 aliphatic rings. The first-order valence-electron chi connectivity index (χ1n) is 12.5. The predicted octanol–water partition coefficient (Wildman–Crippen LogP) is 3.24. The lowest BCUT2D eigenvalue weighted by molar-refractivity contribution is -0.161. The zero-order valence-electron chi connectivity index (χ0n) is 22.1. The second-order valence-corrected chi connectivity index (χ2v) is 12.0. The number of ether oxygens (including phenoxy) is 2. The molecule has 198 valence electrons. The molecule has 6 atom stereocenters. The lowest BCUT2D eigenvalue weighted by Gasteiger charge is -2.42. The molecule has 7 nitrogen and oxygen atoms in total. The Bertz CT molecular complexity index is 806. The molecule has 0 radical (unpaired) electrons. The summed E-state index contributed by atoms with van der Waals surface area (Å²) in [5.74, 6) is -2.74. The molecule has 0 spiro atoms. The van der Waals surface area contributed by atoms with E-state index in [1.165, 1.54) is 5.56 Å². The van der Waals surface area contributed by atoms with Crippen LogP contribution in [0.3, 0.4) is 0 Å². The third-order valence-corrected chi connectivity index (χ3v) is 7.08. The Morgan fingerprint density at radius 2 is 1.51 bits per heavy atom. The summed E-state index contributed by atoms with van der Waals surface area (Å²) >= 11 is 0. The highest BCUT2D eigenvalue weighted by Gasteiger charge is 2.50. The molecule has 1 fully saturated rings. The van der Waals surface area contributed by atoms with Crippen LogP contribution in [0, 0.1) is 34.5 Å². The zero-order valence-corrected chi connectivity index (χ0v) is 22.1. The van der Waals surface area contributed by atoms with Crippen molar-refractivity contribution in [2.45, 2.75) is 60.0 Å². The minimum Gasteiger partial charge on any atom is -0.491 e. The van der Waals surface area contributed by atoms with Gasteiger partial charge in [0.1, 0.15) is 24.4 Å². The van der Waals surface area contributed by atoms with Gasteiger partial charge >= 0.3 is 0 Å². The summed E-state index contributed by atoms with van der Waals surface area (Å²) < 4.78 is 11.7. The summed E-state index contributed by atoms with van der Waals surface area (Å²) in [5, 5.41) is 29.1. The van der Waals surface area contributed by atoms with Gasteiger partial charge in [-0.1, -0.05) is 53.7 Å². The molecule has 1 aliphatic carbocycles. The van der Waals surface area contributed by atoms with Crippen LogP contribution < -0.4 is 4.74 Å². The molecule has 1 saturated carbocycles. The fraction of sp³-hybridized carbons (Fsp3) is 0.714. The number of aliphatic hydroxyl groups is 3. The highest BCUT2D eigenvalue weighted by Crippen LogP contribution is 2.43. The Labute approximate surface area is 209 Å². The Balaban J connectivity index is 2.02. The molecule has 1 aromatic carbocycles. The maximum Gasteiger partial charge on any atom is 0.144 e. The summed E-state index contributed by atoms with van der Waals surface area (Å²) in [6.45, 7) is 12.5. The highest BCUT2D eigenvalue weighted by molar-refractivity contribution is 5.88. The number of benzene rings is 1. The molecule has 35 heavy (non-hydrogen) atoms. The van der Waals surface area contributed by atoms with Crippen LogP contribution >= 0.6 is 0 Å². The van der Waals surface area contributed by atoms with Crippen LogP contribution in [0.25, 0.3) is 0 Å². The monoisotopic (exact) mass is 492 g/mol. The third kappa shape index (κ3) is 7.59. The smallest absolute Gasteiger partial charge is 0.144 e. The van der Waals surface area contributed by atoms with E-state index in [-0.39, 0.29) is 24.0 Å². The molecule has 1 aromatic rings. The van der Waals surface area contributed by atoms with Crippen LogP contribution in [0.5, 0.6) is 5.75 Å². The maximum absolute atomic E-state index is 12.5. The highest BCUT2D eigenvalue weighted by atomic mass is 16.5. The van der Waals surface area contributed by atoms with Crippen molar-refractivity contribution in [3.05, 3.63) is 29.8 Å². The molecular formula is C28H44O7. The predicted molar refractivity (Wildman–Crippen MR) is 134 cm³/mol. The molecular weight excluding hydrogens is 448 g/mol. The number of Topliss-reactive ketones (excluding diaryl/α,β-unsaturated/α-hetero) is 1. The number of aliphatic hydroxyl groups excluding tert-OH is 3. The molecule has 0 bridgehead atoms. The van der Waals surface area contributed by atoms with Crippen molar-refractivity contribution in [1.29, 1.82) is 0 Å². The zero-order chi connectivity index (χ0) is 26.4. The van der Waals surface area contributed by atoms with E-state index in [9.17, 15) is 24.9 Å². The second kappa shape index (κ2) is 12.4. The molecule has 0 saturated heterocycles. The summed E-state index contributed by atoms with van der Waals surface area (Å²) in [6, 6.07) is 8.10. The van der Waals surface area contributed by atoms with E-state index in [0.717, 1.165) is 6.42 Å². The van der Waals surface area contributed by atoms with Gasteiger partial charge in [0.05, 0.1) is 37.8 Å². The van der Waals surface area contributed by atoms with E-state index >= 15 is 0 Å². The first kappa shape index (κ1) is 29.4. The van der Waals surface area contributed by atoms with Gasteiger partial charge < -0.3 is 29.6 Å². The molecule has 0 aliphatic heterocycles. The number of hydrogen-bond acceptors (Lipinski definition) is 7. The van der Waals surface area contributed by atoms with Crippen molar-refractivity contribution in [2.75, 3.05) is 33.0 Å². The Morgan fingerprint density at radius 3 is 1.97 bits per heavy atom. The molecule has 6 unspecified atom stereocenters. The maximum atomic E-state index is 12.5. The number of aldehydes is 1. The fourth-order valence-corrected chi connectivity index (χ4v) is 5.17. The van der Waals surface area contributed by atoms with Gasteiger partial charge in [-0.25, -0.2) is 0 Å². The lowest BCUT2D eigenvalue weighted by atomic mass is 9.66. The molecule has 3 N–H and O–H groups in total.